The number of fused-ring (bicyclic) bond motifs is 1. The minimum Gasteiger partial charge on any atom is -0.459 e. The van der Waals surface area contributed by atoms with Gasteiger partial charge >= 0.3 is 0 Å². The molecule has 1 fully saturated rings. The molecular formula is C9H8ClN3O. The summed E-state index contributed by atoms with van der Waals surface area (Å²) in [6.07, 6.45) is 3.96. The Kier molecular flexibility index (Phi) is 1.64. The van der Waals surface area contributed by atoms with Crippen molar-refractivity contribution in [2.24, 2.45) is 0 Å². The Balaban J connectivity index is 2.13. The van der Waals surface area contributed by atoms with E-state index in [1.807, 2.05) is 0 Å². The van der Waals surface area contributed by atoms with Gasteiger partial charge in [0.1, 0.15) is 5.52 Å². The Morgan fingerprint density at radius 1 is 1.43 bits per heavy atom. The van der Waals surface area contributed by atoms with Crippen molar-refractivity contribution in [2.75, 3.05) is 5.32 Å². The quantitative estimate of drug-likeness (QED) is 0.772. The van der Waals surface area contributed by atoms with Gasteiger partial charge in [-0.1, -0.05) is 0 Å². The molecule has 2 aromatic heterocycles. The van der Waals surface area contributed by atoms with Crippen molar-refractivity contribution in [3.05, 3.63) is 17.6 Å². The second-order valence-electron chi connectivity index (χ2n) is 3.39. The van der Waals surface area contributed by atoms with Crippen LogP contribution in [0.2, 0.25) is 5.28 Å². The third-order valence-corrected chi connectivity index (χ3v) is 2.36. The topological polar surface area (TPSA) is 51.0 Å². The second kappa shape index (κ2) is 2.85. The molecule has 0 aromatic carbocycles. The summed E-state index contributed by atoms with van der Waals surface area (Å²) in [5.74, 6) is 0.701. The van der Waals surface area contributed by atoms with Crippen LogP contribution < -0.4 is 5.32 Å². The van der Waals surface area contributed by atoms with Crippen LogP contribution >= 0.6 is 11.6 Å². The van der Waals surface area contributed by atoms with Crippen molar-refractivity contribution in [1.29, 1.82) is 0 Å². The van der Waals surface area contributed by atoms with Gasteiger partial charge in [0.15, 0.2) is 11.4 Å². The largest absolute Gasteiger partial charge is 0.459 e. The molecule has 14 heavy (non-hydrogen) atoms. The highest BCUT2D eigenvalue weighted by Crippen LogP contribution is 2.29. The first-order valence-corrected chi connectivity index (χ1v) is 4.88. The zero-order chi connectivity index (χ0) is 9.54. The molecule has 0 spiro atoms. The van der Waals surface area contributed by atoms with Crippen LogP contribution in [0.3, 0.4) is 0 Å². The van der Waals surface area contributed by atoms with E-state index in [0.29, 0.717) is 17.4 Å². The lowest BCUT2D eigenvalue weighted by atomic mass is 10.4. The van der Waals surface area contributed by atoms with Crippen molar-refractivity contribution in [3.63, 3.8) is 0 Å². The van der Waals surface area contributed by atoms with Gasteiger partial charge < -0.3 is 9.73 Å². The van der Waals surface area contributed by atoms with E-state index >= 15 is 0 Å². The van der Waals surface area contributed by atoms with Crippen molar-refractivity contribution in [2.45, 2.75) is 18.9 Å². The fourth-order valence-corrected chi connectivity index (χ4v) is 1.53. The lowest BCUT2D eigenvalue weighted by Crippen LogP contribution is -2.03. The van der Waals surface area contributed by atoms with E-state index in [0.717, 1.165) is 5.52 Å². The SMILES string of the molecule is Clc1nc(NC2CC2)c2occc2n1. The van der Waals surface area contributed by atoms with E-state index in [2.05, 4.69) is 15.3 Å². The predicted molar refractivity (Wildman–Crippen MR) is 53.5 cm³/mol. The van der Waals surface area contributed by atoms with Crippen LogP contribution in [0.1, 0.15) is 12.8 Å². The minimum absolute atomic E-state index is 0.252. The van der Waals surface area contributed by atoms with E-state index in [-0.39, 0.29) is 5.28 Å². The van der Waals surface area contributed by atoms with Crippen molar-refractivity contribution in [1.82, 2.24) is 9.97 Å². The standard InChI is InChI=1S/C9H8ClN3O/c10-9-12-6-3-4-14-7(6)8(13-9)11-5-1-2-5/h3-5H,1-2H2,(H,11,12,13). The van der Waals surface area contributed by atoms with Gasteiger partial charge in [-0.3, -0.25) is 0 Å². The fraction of sp³-hybridized carbons (Fsp3) is 0.333. The third-order valence-electron chi connectivity index (χ3n) is 2.19. The zero-order valence-electron chi connectivity index (χ0n) is 7.33. The predicted octanol–water partition coefficient (Wildman–Crippen LogP) is 2.45. The van der Waals surface area contributed by atoms with Gasteiger partial charge in [-0.05, 0) is 24.4 Å². The van der Waals surface area contributed by atoms with Gasteiger partial charge in [0, 0.05) is 12.1 Å². The number of hydrogen-bond acceptors (Lipinski definition) is 4. The van der Waals surface area contributed by atoms with Crippen LogP contribution in [0, 0.1) is 0 Å². The van der Waals surface area contributed by atoms with Crippen LogP contribution in [0.25, 0.3) is 11.1 Å². The highest BCUT2D eigenvalue weighted by atomic mass is 35.5. The number of nitrogens with zero attached hydrogens (tertiary/aromatic N) is 2. The van der Waals surface area contributed by atoms with Crippen LogP contribution in [-0.2, 0) is 0 Å². The van der Waals surface area contributed by atoms with E-state index in [9.17, 15) is 0 Å². The summed E-state index contributed by atoms with van der Waals surface area (Å²) in [6, 6.07) is 2.30. The Morgan fingerprint density at radius 3 is 3.07 bits per heavy atom. The van der Waals surface area contributed by atoms with Crippen molar-refractivity contribution >= 4 is 28.5 Å². The minimum atomic E-state index is 0.252. The Labute approximate surface area is 85.3 Å². The van der Waals surface area contributed by atoms with E-state index < -0.39 is 0 Å². The summed E-state index contributed by atoms with van der Waals surface area (Å²) >= 11 is 5.78. The number of aromatic nitrogens is 2. The van der Waals surface area contributed by atoms with Crippen molar-refractivity contribution < 1.29 is 4.42 Å². The molecule has 5 heteroatoms. The van der Waals surface area contributed by atoms with Crippen LogP contribution in [0.5, 0.6) is 0 Å². The molecule has 2 heterocycles. The van der Waals surface area contributed by atoms with Gasteiger partial charge in [0.25, 0.3) is 0 Å². The number of rotatable bonds is 2. The Hall–Kier alpha value is -1.29. The van der Waals surface area contributed by atoms with Gasteiger partial charge in [-0.2, -0.15) is 4.98 Å². The van der Waals surface area contributed by atoms with E-state index in [4.69, 9.17) is 16.0 Å². The summed E-state index contributed by atoms with van der Waals surface area (Å²) in [4.78, 5) is 8.15. The molecule has 0 aliphatic heterocycles. The molecule has 72 valence electrons. The first-order valence-electron chi connectivity index (χ1n) is 4.50. The number of furan rings is 1. The summed E-state index contributed by atoms with van der Waals surface area (Å²) < 4.78 is 5.29. The normalized spacial score (nSPS) is 16.1. The first-order chi connectivity index (χ1) is 6.83. The molecule has 0 radical (unpaired) electrons. The molecule has 3 rings (SSSR count). The highest BCUT2D eigenvalue weighted by molar-refractivity contribution is 6.28. The Bertz CT molecular complexity index is 478. The van der Waals surface area contributed by atoms with Crippen LogP contribution in [-0.4, -0.2) is 16.0 Å². The van der Waals surface area contributed by atoms with Gasteiger partial charge in [-0.25, -0.2) is 4.98 Å². The zero-order valence-corrected chi connectivity index (χ0v) is 8.08. The smallest absolute Gasteiger partial charge is 0.225 e. The van der Waals surface area contributed by atoms with E-state index in [1.165, 1.54) is 12.8 Å². The summed E-state index contributed by atoms with van der Waals surface area (Å²) in [5, 5.41) is 3.51. The first kappa shape index (κ1) is 8.05. The molecule has 0 amide bonds. The Morgan fingerprint density at radius 2 is 2.29 bits per heavy atom. The van der Waals surface area contributed by atoms with Gasteiger partial charge in [0.2, 0.25) is 5.28 Å². The molecule has 1 saturated carbocycles. The monoisotopic (exact) mass is 209 g/mol. The van der Waals surface area contributed by atoms with Gasteiger partial charge in [0.05, 0.1) is 6.26 Å². The molecular weight excluding hydrogens is 202 g/mol. The van der Waals surface area contributed by atoms with Crippen molar-refractivity contribution in [3.8, 4) is 0 Å². The molecule has 4 nitrogen and oxygen atoms in total. The maximum atomic E-state index is 5.78. The lowest BCUT2D eigenvalue weighted by Gasteiger charge is -2.03. The van der Waals surface area contributed by atoms with Crippen LogP contribution in [0.15, 0.2) is 16.7 Å². The average Bonchev–Trinajstić information content (AvgIpc) is 2.81. The maximum absolute atomic E-state index is 5.78. The molecule has 1 N–H and O–H groups in total. The summed E-state index contributed by atoms with van der Waals surface area (Å²) in [6.45, 7) is 0. The van der Waals surface area contributed by atoms with Gasteiger partial charge in [-0.15, -0.1) is 0 Å². The second-order valence-corrected chi connectivity index (χ2v) is 3.73. The highest BCUT2D eigenvalue weighted by Gasteiger charge is 2.23. The lowest BCUT2D eigenvalue weighted by molar-refractivity contribution is 0.614. The third kappa shape index (κ3) is 1.32. The van der Waals surface area contributed by atoms with E-state index in [1.54, 1.807) is 12.3 Å². The number of halogens is 1. The summed E-state index contributed by atoms with van der Waals surface area (Å²) in [7, 11) is 0. The molecule has 2 aromatic rings. The fourth-order valence-electron chi connectivity index (χ4n) is 1.35. The maximum Gasteiger partial charge on any atom is 0.225 e. The molecule has 0 saturated heterocycles. The molecule has 0 unspecified atom stereocenters. The molecule has 0 bridgehead atoms. The number of hydrogen-bond donors (Lipinski definition) is 1. The molecule has 1 aliphatic carbocycles. The molecule has 0 atom stereocenters. The number of anilines is 1. The van der Waals surface area contributed by atoms with Crippen LogP contribution in [0.4, 0.5) is 5.82 Å². The number of nitrogens with one attached hydrogen (secondary N) is 1. The average molecular weight is 210 g/mol. The summed E-state index contributed by atoms with van der Waals surface area (Å²) in [5.41, 5.74) is 1.43. The molecule has 1 aliphatic rings.